The van der Waals surface area contributed by atoms with Gasteiger partial charge in [0.05, 0.1) is 9.85 Å². The minimum absolute atomic E-state index is 0.00350. The fourth-order valence-electron chi connectivity index (χ4n) is 1.74. The van der Waals surface area contributed by atoms with Crippen LogP contribution in [0.3, 0.4) is 0 Å². The van der Waals surface area contributed by atoms with Crippen molar-refractivity contribution in [3.05, 3.63) is 73.3 Å². The molecule has 2 aromatic rings. The SMILES string of the molecule is O=[N+]([O-])c1ccc(CNc2ccc(Cl)cc2[N+](=O)[O-])cc1. The van der Waals surface area contributed by atoms with E-state index in [9.17, 15) is 20.2 Å². The first-order valence-electron chi connectivity index (χ1n) is 5.88. The zero-order valence-electron chi connectivity index (χ0n) is 10.7. The van der Waals surface area contributed by atoms with Crippen LogP contribution in [0.1, 0.15) is 5.56 Å². The molecule has 0 saturated carbocycles. The Kier molecular flexibility index (Phi) is 4.34. The number of rotatable bonds is 5. The summed E-state index contributed by atoms with van der Waals surface area (Å²) in [4.78, 5) is 20.5. The van der Waals surface area contributed by atoms with Crippen LogP contribution < -0.4 is 5.32 Å². The minimum atomic E-state index is -0.524. The van der Waals surface area contributed by atoms with Crippen molar-refractivity contribution >= 4 is 28.7 Å². The molecule has 7 nitrogen and oxygen atoms in total. The monoisotopic (exact) mass is 307 g/mol. The largest absolute Gasteiger partial charge is 0.375 e. The molecule has 0 atom stereocenters. The second-order valence-electron chi connectivity index (χ2n) is 4.20. The van der Waals surface area contributed by atoms with Gasteiger partial charge < -0.3 is 5.32 Å². The number of hydrogen-bond acceptors (Lipinski definition) is 5. The van der Waals surface area contributed by atoms with Crippen LogP contribution in [0.5, 0.6) is 0 Å². The maximum Gasteiger partial charge on any atom is 0.293 e. The Morgan fingerprint density at radius 2 is 1.67 bits per heavy atom. The van der Waals surface area contributed by atoms with Gasteiger partial charge in [-0.05, 0) is 17.7 Å². The summed E-state index contributed by atoms with van der Waals surface area (Å²) < 4.78 is 0. The third-order valence-corrected chi connectivity index (χ3v) is 3.02. The van der Waals surface area contributed by atoms with E-state index in [1.54, 1.807) is 18.2 Å². The van der Waals surface area contributed by atoms with Crippen molar-refractivity contribution in [2.75, 3.05) is 5.32 Å². The van der Waals surface area contributed by atoms with E-state index >= 15 is 0 Å². The van der Waals surface area contributed by atoms with Crippen molar-refractivity contribution < 1.29 is 9.85 Å². The Bertz CT molecular complexity index is 688. The van der Waals surface area contributed by atoms with Crippen molar-refractivity contribution in [2.45, 2.75) is 6.54 Å². The number of anilines is 1. The van der Waals surface area contributed by atoms with Gasteiger partial charge in [0.1, 0.15) is 5.69 Å². The molecule has 0 heterocycles. The van der Waals surface area contributed by atoms with E-state index in [4.69, 9.17) is 11.6 Å². The summed E-state index contributed by atoms with van der Waals surface area (Å²) in [6.07, 6.45) is 0. The second-order valence-corrected chi connectivity index (χ2v) is 4.63. The maximum atomic E-state index is 10.9. The van der Waals surface area contributed by atoms with Crippen molar-refractivity contribution in [3.63, 3.8) is 0 Å². The van der Waals surface area contributed by atoms with Crippen LogP contribution in [-0.2, 0) is 6.54 Å². The zero-order chi connectivity index (χ0) is 15.4. The summed E-state index contributed by atoms with van der Waals surface area (Å²) in [6, 6.07) is 10.3. The van der Waals surface area contributed by atoms with E-state index in [1.165, 1.54) is 24.3 Å². The number of nitrogens with one attached hydrogen (secondary N) is 1. The van der Waals surface area contributed by atoms with Crippen LogP contribution in [0.15, 0.2) is 42.5 Å². The molecule has 21 heavy (non-hydrogen) atoms. The number of nitrogens with zero attached hydrogens (tertiary/aromatic N) is 2. The smallest absolute Gasteiger partial charge is 0.293 e. The number of nitro benzene ring substituents is 2. The number of hydrogen-bond donors (Lipinski definition) is 1. The Balaban J connectivity index is 2.13. The Hall–Kier alpha value is -2.67. The molecule has 8 heteroatoms. The van der Waals surface area contributed by atoms with Crippen molar-refractivity contribution in [1.29, 1.82) is 0 Å². The van der Waals surface area contributed by atoms with E-state index in [-0.39, 0.29) is 16.4 Å². The summed E-state index contributed by atoms with van der Waals surface area (Å²) in [5.74, 6) is 0. The molecule has 108 valence electrons. The van der Waals surface area contributed by atoms with Crippen LogP contribution in [0.4, 0.5) is 17.1 Å². The fraction of sp³-hybridized carbons (Fsp3) is 0.0769. The van der Waals surface area contributed by atoms with E-state index in [0.717, 1.165) is 5.56 Å². The van der Waals surface area contributed by atoms with Gasteiger partial charge in [-0.2, -0.15) is 0 Å². The Morgan fingerprint density at radius 3 is 2.24 bits per heavy atom. The van der Waals surface area contributed by atoms with Crippen LogP contribution in [0, 0.1) is 20.2 Å². The van der Waals surface area contributed by atoms with Gasteiger partial charge in [0, 0.05) is 29.8 Å². The van der Waals surface area contributed by atoms with Gasteiger partial charge in [0.2, 0.25) is 0 Å². The molecule has 0 amide bonds. The lowest BCUT2D eigenvalue weighted by Gasteiger charge is -2.07. The molecule has 0 unspecified atom stereocenters. The van der Waals surface area contributed by atoms with Gasteiger partial charge >= 0.3 is 0 Å². The van der Waals surface area contributed by atoms with Gasteiger partial charge in [-0.3, -0.25) is 20.2 Å². The van der Waals surface area contributed by atoms with Crippen molar-refractivity contribution in [2.24, 2.45) is 0 Å². The summed E-state index contributed by atoms with van der Waals surface area (Å²) >= 11 is 5.73. The van der Waals surface area contributed by atoms with Crippen LogP contribution >= 0.6 is 11.6 Å². The van der Waals surface area contributed by atoms with E-state index < -0.39 is 9.85 Å². The molecule has 2 rings (SSSR count). The summed E-state index contributed by atoms with van der Waals surface area (Å²) in [5.41, 5.74) is 0.980. The number of benzene rings is 2. The molecule has 0 bridgehead atoms. The molecule has 0 spiro atoms. The summed E-state index contributed by atoms with van der Waals surface area (Å²) in [6.45, 7) is 0.306. The summed E-state index contributed by atoms with van der Waals surface area (Å²) in [7, 11) is 0. The molecule has 1 N–H and O–H groups in total. The molecule has 0 aliphatic carbocycles. The molecule has 0 fully saturated rings. The standard InChI is InChI=1S/C13H10ClN3O4/c14-10-3-6-12(13(7-10)17(20)21)15-8-9-1-4-11(5-2-9)16(18)19/h1-7,15H,8H2. The lowest BCUT2D eigenvalue weighted by molar-refractivity contribution is -0.384. The van der Waals surface area contributed by atoms with Gasteiger partial charge in [-0.25, -0.2) is 0 Å². The van der Waals surface area contributed by atoms with Gasteiger partial charge in [0.25, 0.3) is 11.4 Å². The summed E-state index contributed by atoms with van der Waals surface area (Å²) in [5, 5.41) is 24.7. The topological polar surface area (TPSA) is 98.3 Å². The van der Waals surface area contributed by atoms with E-state index in [1.807, 2.05) is 0 Å². The highest BCUT2D eigenvalue weighted by molar-refractivity contribution is 6.30. The van der Waals surface area contributed by atoms with Crippen molar-refractivity contribution in [3.8, 4) is 0 Å². The lowest BCUT2D eigenvalue weighted by atomic mass is 10.2. The molecule has 0 radical (unpaired) electrons. The average Bonchev–Trinajstić information content (AvgIpc) is 2.46. The molecule has 0 saturated heterocycles. The van der Waals surface area contributed by atoms with E-state index in [0.29, 0.717) is 12.2 Å². The van der Waals surface area contributed by atoms with Gasteiger partial charge in [0.15, 0.2) is 0 Å². The average molecular weight is 308 g/mol. The predicted octanol–water partition coefficient (Wildman–Crippen LogP) is 3.77. The molecule has 2 aromatic carbocycles. The van der Waals surface area contributed by atoms with Crippen LogP contribution in [0.2, 0.25) is 5.02 Å². The number of nitro groups is 2. The fourth-order valence-corrected chi connectivity index (χ4v) is 1.90. The first-order chi connectivity index (χ1) is 9.97. The third kappa shape index (κ3) is 3.67. The highest BCUT2D eigenvalue weighted by Crippen LogP contribution is 2.28. The first kappa shape index (κ1) is 14.7. The lowest BCUT2D eigenvalue weighted by Crippen LogP contribution is -2.02. The molecular formula is C13H10ClN3O4. The predicted molar refractivity (Wildman–Crippen MR) is 78.5 cm³/mol. The highest BCUT2D eigenvalue weighted by atomic mass is 35.5. The normalized spacial score (nSPS) is 10.1. The van der Waals surface area contributed by atoms with Crippen LogP contribution in [-0.4, -0.2) is 9.85 Å². The quantitative estimate of drug-likeness (QED) is 0.669. The number of halogens is 1. The van der Waals surface area contributed by atoms with Gasteiger partial charge in [-0.15, -0.1) is 0 Å². The maximum absolute atomic E-state index is 10.9. The zero-order valence-corrected chi connectivity index (χ0v) is 11.4. The molecule has 0 aliphatic heterocycles. The Morgan fingerprint density at radius 1 is 1.00 bits per heavy atom. The molecule has 0 aliphatic rings. The van der Waals surface area contributed by atoms with E-state index in [2.05, 4.69) is 5.32 Å². The number of non-ortho nitro benzene ring substituents is 1. The first-order valence-corrected chi connectivity index (χ1v) is 6.26. The third-order valence-electron chi connectivity index (χ3n) is 2.79. The molecular weight excluding hydrogens is 298 g/mol. The molecule has 0 aromatic heterocycles. The minimum Gasteiger partial charge on any atom is -0.375 e. The highest BCUT2D eigenvalue weighted by Gasteiger charge is 2.14. The Labute approximate surface area is 124 Å². The second kappa shape index (κ2) is 6.19. The van der Waals surface area contributed by atoms with Crippen molar-refractivity contribution in [1.82, 2.24) is 0 Å². The van der Waals surface area contributed by atoms with Crippen LogP contribution in [0.25, 0.3) is 0 Å². The van der Waals surface area contributed by atoms with Gasteiger partial charge in [-0.1, -0.05) is 23.7 Å².